The Bertz CT molecular complexity index is 580. The number of rotatable bonds is 3. The second-order valence-electron chi connectivity index (χ2n) is 5.88. The zero-order valence-electron chi connectivity index (χ0n) is 11.5. The molecule has 4 nitrogen and oxygen atoms in total. The van der Waals surface area contributed by atoms with Crippen LogP contribution in [0.5, 0.6) is 0 Å². The van der Waals surface area contributed by atoms with Gasteiger partial charge in [-0.15, -0.1) is 0 Å². The molecule has 4 rings (SSSR count). The summed E-state index contributed by atoms with van der Waals surface area (Å²) >= 11 is 0. The smallest absolute Gasteiger partial charge is 0.257 e. The Hall–Kier alpha value is -1.68. The fourth-order valence-electron chi connectivity index (χ4n) is 2.91. The third-order valence-electron chi connectivity index (χ3n) is 4.35. The molecule has 2 aliphatic rings. The van der Waals surface area contributed by atoms with Gasteiger partial charge in [0.15, 0.2) is 5.82 Å². The maximum atomic E-state index is 5.37. The zero-order chi connectivity index (χ0) is 13.4. The van der Waals surface area contributed by atoms with Crippen LogP contribution in [-0.2, 0) is 0 Å². The van der Waals surface area contributed by atoms with Crippen LogP contribution in [0.1, 0.15) is 48.9 Å². The first kappa shape index (κ1) is 12.1. The van der Waals surface area contributed by atoms with Crippen molar-refractivity contribution in [3.05, 3.63) is 35.7 Å². The van der Waals surface area contributed by atoms with E-state index >= 15 is 0 Å². The van der Waals surface area contributed by atoms with Crippen LogP contribution in [0.4, 0.5) is 0 Å². The highest BCUT2D eigenvalue weighted by atomic mass is 16.5. The summed E-state index contributed by atoms with van der Waals surface area (Å²) in [5, 5.41) is 7.48. The number of nitrogens with one attached hydrogen (secondary N) is 1. The molecule has 4 heteroatoms. The van der Waals surface area contributed by atoms with E-state index in [2.05, 4.69) is 39.7 Å². The van der Waals surface area contributed by atoms with Crippen LogP contribution in [0, 0.1) is 0 Å². The Morgan fingerprint density at radius 1 is 0.950 bits per heavy atom. The highest BCUT2D eigenvalue weighted by molar-refractivity contribution is 5.53. The van der Waals surface area contributed by atoms with E-state index in [9.17, 15) is 0 Å². The van der Waals surface area contributed by atoms with Crippen LogP contribution < -0.4 is 5.32 Å². The minimum Gasteiger partial charge on any atom is -0.334 e. The fourth-order valence-corrected chi connectivity index (χ4v) is 2.91. The van der Waals surface area contributed by atoms with E-state index in [1.807, 2.05) is 0 Å². The van der Waals surface area contributed by atoms with Crippen molar-refractivity contribution in [1.82, 2.24) is 15.5 Å². The summed E-state index contributed by atoms with van der Waals surface area (Å²) in [4.78, 5) is 4.50. The van der Waals surface area contributed by atoms with E-state index in [0.29, 0.717) is 17.7 Å². The molecule has 0 atom stereocenters. The number of hydrogen-bond acceptors (Lipinski definition) is 4. The van der Waals surface area contributed by atoms with Crippen molar-refractivity contribution in [3.63, 3.8) is 0 Å². The Labute approximate surface area is 118 Å². The molecule has 1 saturated heterocycles. The van der Waals surface area contributed by atoms with Gasteiger partial charge in [-0.05, 0) is 62.4 Å². The lowest BCUT2D eigenvalue weighted by Gasteiger charge is -2.22. The van der Waals surface area contributed by atoms with Crippen LogP contribution >= 0.6 is 0 Å². The van der Waals surface area contributed by atoms with Gasteiger partial charge in [0.2, 0.25) is 0 Å². The number of nitrogens with zero attached hydrogens (tertiary/aromatic N) is 2. The van der Waals surface area contributed by atoms with Crippen molar-refractivity contribution < 1.29 is 4.52 Å². The summed E-state index contributed by atoms with van der Waals surface area (Å²) in [5.41, 5.74) is 2.46. The molecule has 2 aromatic rings. The molecular weight excluding hydrogens is 250 g/mol. The molecule has 1 saturated carbocycles. The molecule has 0 bridgehead atoms. The van der Waals surface area contributed by atoms with Crippen molar-refractivity contribution in [2.24, 2.45) is 0 Å². The molecule has 1 aliphatic heterocycles. The first-order valence-electron chi connectivity index (χ1n) is 7.55. The molecule has 104 valence electrons. The van der Waals surface area contributed by atoms with Gasteiger partial charge in [0, 0.05) is 11.5 Å². The van der Waals surface area contributed by atoms with Gasteiger partial charge in [0.1, 0.15) is 0 Å². The van der Waals surface area contributed by atoms with Crippen LogP contribution in [0.15, 0.2) is 28.8 Å². The van der Waals surface area contributed by atoms with Gasteiger partial charge < -0.3 is 9.84 Å². The Morgan fingerprint density at radius 2 is 1.70 bits per heavy atom. The van der Waals surface area contributed by atoms with E-state index < -0.39 is 0 Å². The van der Waals surface area contributed by atoms with Crippen molar-refractivity contribution in [2.75, 3.05) is 13.1 Å². The topological polar surface area (TPSA) is 51.0 Å². The molecule has 0 unspecified atom stereocenters. The van der Waals surface area contributed by atoms with Gasteiger partial charge >= 0.3 is 0 Å². The molecule has 1 N–H and O–H groups in total. The molecular formula is C16H19N3O. The van der Waals surface area contributed by atoms with Crippen molar-refractivity contribution in [3.8, 4) is 11.5 Å². The van der Waals surface area contributed by atoms with Crippen molar-refractivity contribution in [2.45, 2.75) is 37.5 Å². The minimum absolute atomic E-state index is 0.543. The summed E-state index contributed by atoms with van der Waals surface area (Å²) in [6.45, 7) is 2.25. The van der Waals surface area contributed by atoms with Crippen LogP contribution in [-0.4, -0.2) is 23.2 Å². The summed E-state index contributed by atoms with van der Waals surface area (Å²) in [5.74, 6) is 2.77. The van der Waals surface area contributed by atoms with Gasteiger partial charge in [0.05, 0.1) is 0 Å². The quantitative estimate of drug-likeness (QED) is 0.930. The Morgan fingerprint density at radius 3 is 2.40 bits per heavy atom. The van der Waals surface area contributed by atoms with Crippen LogP contribution in [0.2, 0.25) is 0 Å². The molecule has 0 amide bonds. The largest absolute Gasteiger partial charge is 0.334 e. The van der Waals surface area contributed by atoms with Gasteiger partial charge in [-0.1, -0.05) is 17.3 Å². The van der Waals surface area contributed by atoms with Crippen LogP contribution in [0.25, 0.3) is 11.5 Å². The van der Waals surface area contributed by atoms with Gasteiger partial charge in [-0.25, -0.2) is 0 Å². The molecule has 1 aromatic carbocycles. The minimum atomic E-state index is 0.543. The zero-order valence-corrected chi connectivity index (χ0v) is 11.5. The number of hydrogen-bond donors (Lipinski definition) is 1. The van der Waals surface area contributed by atoms with Gasteiger partial charge in [0.25, 0.3) is 5.89 Å². The molecule has 1 aliphatic carbocycles. The molecule has 2 fully saturated rings. The summed E-state index contributed by atoms with van der Waals surface area (Å²) in [6, 6.07) is 8.65. The molecule has 0 spiro atoms. The van der Waals surface area contributed by atoms with Crippen molar-refractivity contribution in [1.29, 1.82) is 0 Å². The average molecular weight is 269 g/mol. The first-order valence-corrected chi connectivity index (χ1v) is 7.55. The average Bonchev–Trinajstić information content (AvgIpc) is 3.26. The van der Waals surface area contributed by atoms with E-state index in [1.54, 1.807) is 0 Å². The second-order valence-corrected chi connectivity index (χ2v) is 5.88. The third-order valence-corrected chi connectivity index (χ3v) is 4.35. The predicted octanol–water partition coefficient (Wildman–Crippen LogP) is 3.08. The second kappa shape index (κ2) is 5.02. The normalized spacial score (nSPS) is 20.2. The summed E-state index contributed by atoms with van der Waals surface area (Å²) in [6.07, 6.45) is 4.86. The van der Waals surface area contributed by atoms with E-state index in [0.717, 1.165) is 24.5 Å². The fraction of sp³-hybridized carbons (Fsp3) is 0.500. The lowest BCUT2D eigenvalue weighted by molar-refractivity contribution is 0.422. The first-order chi connectivity index (χ1) is 9.90. The molecule has 0 radical (unpaired) electrons. The highest BCUT2D eigenvalue weighted by Gasteiger charge is 2.29. The predicted molar refractivity (Wildman–Crippen MR) is 76.6 cm³/mol. The number of benzene rings is 1. The van der Waals surface area contributed by atoms with E-state index in [1.165, 1.54) is 31.2 Å². The lowest BCUT2D eigenvalue weighted by Crippen LogP contribution is -2.26. The molecule has 2 heterocycles. The van der Waals surface area contributed by atoms with Crippen molar-refractivity contribution >= 4 is 0 Å². The maximum Gasteiger partial charge on any atom is 0.257 e. The third kappa shape index (κ3) is 2.36. The Balaban J connectivity index is 1.53. The monoisotopic (exact) mass is 269 g/mol. The summed E-state index contributed by atoms with van der Waals surface area (Å²) in [7, 11) is 0. The van der Waals surface area contributed by atoms with Gasteiger partial charge in [-0.3, -0.25) is 0 Å². The lowest BCUT2D eigenvalue weighted by atomic mass is 9.90. The standard InChI is InChI=1S/C16H19N3O/c1-5-14(16-18-15(19-20-16)13-3-4-13)6-2-11(1)12-7-9-17-10-8-12/h1-2,5-6,12-13,17H,3-4,7-10H2. The highest BCUT2D eigenvalue weighted by Crippen LogP contribution is 2.39. The van der Waals surface area contributed by atoms with E-state index in [4.69, 9.17) is 4.52 Å². The Kier molecular flexibility index (Phi) is 3.03. The molecule has 1 aromatic heterocycles. The van der Waals surface area contributed by atoms with Crippen LogP contribution in [0.3, 0.4) is 0 Å². The number of aromatic nitrogens is 2. The maximum absolute atomic E-state index is 5.37. The molecule has 20 heavy (non-hydrogen) atoms. The van der Waals surface area contributed by atoms with Gasteiger partial charge in [-0.2, -0.15) is 4.98 Å². The summed E-state index contributed by atoms with van der Waals surface area (Å²) < 4.78 is 5.37. The van der Waals surface area contributed by atoms with E-state index in [-0.39, 0.29) is 0 Å². The number of piperidine rings is 1. The SMILES string of the molecule is c1cc(C2CCNCC2)ccc1-c1nc(C2CC2)no1.